The van der Waals surface area contributed by atoms with Gasteiger partial charge in [0.2, 0.25) is 5.95 Å². The fourth-order valence-corrected chi connectivity index (χ4v) is 5.24. The summed E-state index contributed by atoms with van der Waals surface area (Å²) < 4.78 is 37.7. The number of nitrogens with one attached hydrogen (secondary N) is 1. The van der Waals surface area contributed by atoms with E-state index in [-0.39, 0.29) is 32.1 Å². The molecule has 0 saturated heterocycles. The van der Waals surface area contributed by atoms with Crippen LogP contribution in [0.3, 0.4) is 0 Å². The Bertz CT molecular complexity index is 900. The van der Waals surface area contributed by atoms with Crippen molar-refractivity contribution in [2.45, 2.75) is 23.1 Å². The van der Waals surface area contributed by atoms with Crippen LogP contribution >= 0.6 is 11.6 Å². The number of sulfone groups is 1. The second kappa shape index (κ2) is 7.68. The van der Waals surface area contributed by atoms with E-state index in [0.717, 1.165) is 6.26 Å². The molecule has 2 rings (SSSR count). The van der Waals surface area contributed by atoms with E-state index in [1.807, 2.05) is 6.92 Å². The lowest BCUT2D eigenvalue weighted by atomic mass is 10.2. The van der Waals surface area contributed by atoms with Gasteiger partial charge >= 0.3 is 0 Å². The number of hydrogen-bond donors (Lipinski definition) is 1. The van der Waals surface area contributed by atoms with Crippen molar-refractivity contribution in [2.75, 3.05) is 17.3 Å². The quantitative estimate of drug-likeness (QED) is 0.710. The summed E-state index contributed by atoms with van der Waals surface area (Å²) in [6.45, 7) is 1.81. The third kappa shape index (κ3) is 4.29. The van der Waals surface area contributed by atoms with Gasteiger partial charge in [0.15, 0.2) is 14.7 Å². The van der Waals surface area contributed by atoms with Crippen LogP contribution in [0.1, 0.15) is 23.7 Å². The summed E-state index contributed by atoms with van der Waals surface area (Å²) in [6, 6.07) is 2.50. The second-order valence-electron chi connectivity index (χ2n) is 5.16. The summed E-state index contributed by atoms with van der Waals surface area (Å²) in [5.74, 6) is -0.331. The van der Waals surface area contributed by atoms with E-state index in [0.29, 0.717) is 6.42 Å². The van der Waals surface area contributed by atoms with E-state index >= 15 is 0 Å². The molecule has 0 saturated carbocycles. The Morgan fingerprint density at radius 2 is 2.12 bits per heavy atom. The largest absolute Gasteiger partial charge is 0.611 e. The molecule has 1 unspecified atom stereocenters. The molecule has 136 valence electrons. The summed E-state index contributed by atoms with van der Waals surface area (Å²) >= 11 is 4.59. The van der Waals surface area contributed by atoms with Gasteiger partial charge in [-0.15, -0.1) is 0 Å². The highest BCUT2D eigenvalue weighted by Gasteiger charge is 2.29. The van der Waals surface area contributed by atoms with Gasteiger partial charge < -0.3 is 4.55 Å². The van der Waals surface area contributed by atoms with Gasteiger partial charge in [-0.05, 0) is 40.2 Å². The first kappa shape index (κ1) is 19.6. The summed E-state index contributed by atoms with van der Waals surface area (Å²) in [4.78, 5) is 12.2. The molecule has 2 aromatic rings. The molecule has 1 amide bonds. The van der Waals surface area contributed by atoms with Gasteiger partial charge in [0.25, 0.3) is 5.91 Å². The van der Waals surface area contributed by atoms with Crippen molar-refractivity contribution in [3.63, 3.8) is 0 Å². The number of benzene rings is 1. The SMILES string of the molecule is CCC[S+]([O-])c1c(S(C)(=O)=O)ccc(C(=O)Nc2nnnn2C)c1Cl. The molecule has 0 aliphatic heterocycles. The Morgan fingerprint density at radius 3 is 2.64 bits per heavy atom. The summed E-state index contributed by atoms with van der Waals surface area (Å²) in [7, 11) is -2.13. The average molecular weight is 406 g/mol. The molecule has 0 aliphatic carbocycles. The molecule has 1 N–H and O–H groups in total. The van der Waals surface area contributed by atoms with Crippen LogP contribution in [0.2, 0.25) is 5.02 Å². The Morgan fingerprint density at radius 1 is 1.44 bits per heavy atom. The number of aromatic nitrogens is 4. The van der Waals surface area contributed by atoms with Crippen LogP contribution in [0.4, 0.5) is 5.95 Å². The highest BCUT2D eigenvalue weighted by molar-refractivity contribution is 7.94. The van der Waals surface area contributed by atoms with Crippen LogP contribution < -0.4 is 5.32 Å². The molecule has 25 heavy (non-hydrogen) atoms. The van der Waals surface area contributed by atoms with Crippen LogP contribution in [0, 0.1) is 0 Å². The predicted molar refractivity (Wildman–Crippen MR) is 92.9 cm³/mol. The van der Waals surface area contributed by atoms with Gasteiger partial charge in [0.1, 0.15) is 15.7 Å². The third-order valence-corrected chi connectivity index (χ3v) is 6.60. The van der Waals surface area contributed by atoms with Crippen molar-refractivity contribution in [1.82, 2.24) is 20.2 Å². The maximum Gasteiger partial charge on any atom is 0.259 e. The normalized spacial score (nSPS) is 12.8. The Hall–Kier alpha value is -1.69. The zero-order valence-electron chi connectivity index (χ0n) is 13.7. The number of hydrogen-bond acceptors (Lipinski definition) is 7. The topological polar surface area (TPSA) is 130 Å². The van der Waals surface area contributed by atoms with Crippen molar-refractivity contribution in [3.05, 3.63) is 22.7 Å². The molecule has 12 heteroatoms. The van der Waals surface area contributed by atoms with Crippen LogP contribution in [0.25, 0.3) is 0 Å². The number of nitrogens with zero attached hydrogens (tertiary/aromatic N) is 4. The number of anilines is 1. The number of carbonyl (C=O) groups is 1. The molecule has 1 heterocycles. The zero-order valence-corrected chi connectivity index (χ0v) is 16.1. The number of tetrazole rings is 1. The van der Waals surface area contributed by atoms with Gasteiger partial charge in [-0.2, -0.15) is 0 Å². The number of carbonyl (C=O) groups excluding carboxylic acids is 1. The van der Waals surface area contributed by atoms with E-state index in [4.69, 9.17) is 11.6 Å². The molecule has 9 nitrogen and oxygen atoms in total. The molecular weight excluding hydrogens is 390 g/mol. The fraction of sp³-hybridized carbons (Fsp3) is 0.385. The van der Waals surface area contributed by atoms with E-state index in [1.54, 1.807) is 0 Å². The summed E-state index contributed by atoms with van der Waals surface area (Å²) in [5, 5.41) is 12.9. The van der Waals surface area contributed by atoms with Crippen molar-refractivity contribution in [3.8, 4) is 0 Å². The van der Waals surface area contributed by atoms with Crippen molar-refractivity contribution in [1.29, 1.82) is 0 Å². The average Bonchev–Trinajstić information content (AvgIpc) is 2.91. The van der Waals surface area contributed by atoms with E-state index in [9.17, 15) is 17.8 Å². The molecule has 1 atom stereocenters. The highest BCUT2D eigenvalue weighted by atomic mass is 35.5. The van der Waals surface area contributed by atoms with E-state index in [1.165, 1.54) is 23.9 Å². The lowest BCUT2D eigenvalue weighted by Gasteiger charge is -2.16. The molecule has 0 fully saturated rings. The monoisotopic (exact) mass is 405 g/mol. The fourth-order valence-electron chi connectivity index (χ4n) is 2.01. The maximum absolute atomic E-state index is 12.5. The molecule has 1 aromatic heterocycles. The van der Waals surface area contributed by atoms with Crippen LogP contribution in [-0.2, 0) is 28.1 Å². The van der Waals surface area contributed by atoms with Gasteiger partial charge in [-0.3, -0.25) is 10.1 Å². The first-order valence-corrected chi connectivity index (χ1v) is 10.7. The summed E-state index contributed by atoms with van der Waals surface area (Å²) in [6.07, 6.45) is 1.56. The van der Waals surface area contributed by atoms with Crippen LogP contribution in [0.5, 0.6) is 0 Å². The minimum absolute atomic E-state index is 0.0171. The molecule has 1 aromatic carbocycles. The maximum atomic E-state index is 12.5. The lowest BCUT2D eigenvalue weighted by Crippen LogP contribution is -2.19. The van der Waals surface area contributed by atoms with Gasteiger partial charge in [0, 0.05) is 13.3 Å². The lowest BCUT2D eigenvalue weighted by molar-refractivity contribution is 0.102. The Balaban J connectivity index is 2.52. The number of amides is 1. The molecule has 0 aliphatic rings. The predicted octanol–water partition coefficient (Wildman–Crippen LogP) is 1.04. The number of aryl methyl sites for hydroxylation is 1. The molecule has 0 radical (unpaired) electrons. The Kier molecular flexibility index (Phi) is 6.03. The van der Waals surface area contributed by atoms with Crippen LogP contribution in [-0.4, -0.2) is 51.1 Å². The standard InChI is InChI=1S/C13H16ClN5O4S2/c1-4-7-24(21)11-9(25(3,22)23)6-5-8(10(11)14)12(20)15-13-16-17-18-19(13)2/h5-6H,4,7H2,1-3H3,(H,15,16,18,20). The van der Waals surface area contributed by atoms with Gasteiger partial charge in [-0.1, -0.05) is 23.6 Å². The number of rotatable bonds is 6. The number of halogens is 1. The van der Waals surface area contributed by atoms with Gasteiger partial charge in [0.05, 0.1) is 5.56 Å². The van der Waals surface area contributed by atoms with Crippen LogP contribution in [0.15, 0.2) is 21.9 Å². The first-order chi connectivity index (χ1) is 11.7. The summed E-state index contributed by atoms with van der Waals surface area (Å²) in [5.41, 5.74) is -0.0171. The molecule has 0 spiro atoms. The first-order valence-electron chi connectivity index (χ1n) is 7.11. The minimum Gasteiger partial charge on any atom is -0.611 e. The van der Waals surface area contributed by atoms with Crippen molar-refractivity contribution in [2.24, 2.45) is 7.05 Å². The third-order valence-electron chi connectivity index (χ3n) is 3.17. The smallest absolute Gasteiger partial charge is 0.259 e. The zero-order chi connectivity index (χ0) is 18.8. The highest BCUT2D eigenvalue weighted by Crippen LogP contribution is 2.33. The van der Waals surface area contributed by atoms with Crippen molar-refractivity contribution >= 4 is 44.5 Å². The Labute approximate surface area is 152 Å². The molecule has 0 bridgehead atoms. The van der Waals surface area contributed by atoms with Gasteiger partial charge in [-0.25, -0.2) is 13.1 Å². The second-order valence-corrected chi connectivity index (χ2v) is 9.03. The van der Waals surface area contributed by atoms with Crippen molar-refractivity contribution < 1.29 is 17.8 Å². The molecular formula is C13H16ClN5O4S2. The van der Waals surface area contributed by atoms with E-state index < -0.39 is 26.9 Å². The van der Waals surface area contributed by atoms with E-state index in [2.05, 4.69) is 20.8 Å². The minimum atomic E-state index is -3.66.